The van der Waals surface area contributed by atoms with Crippen LogP contribution in [0.25, 0.3) is 0 Å². The Morgan fingerprint density at radius 1 is 1.26 bits per heavy atom. The highest BCUT2D eigenvalue weighted by molar-refractivity contribution is 5.69. The molecule has 1 saturated heterocycles. The monoisotopic (exact) mass is 389 g/mol. The molecule has 0 aliphatic carbocycles. The van der Waals surface area contributed by atoms with Gasteiger partial charge >= 0.3 is 12.3 Å². The number of rotatable bonds is 3. The fourth-order valence-corrected chi connectivity index (χ4v) is 2.82. The van der Waals surface area contributed by atoms with Crippen molar-refractivity contribution in [1.29, 1.82) is 0 Å². The van der Waals surface area contributed by atoms with Crippen LogP contribution in [0.15, 0.2) is 18.2 Å². The number of ether oxygens (including phenoxy) is 2. The van der Waals surface area contributed by atoms with E-state index in [1.54, 1.807) is 31.7 Å². The molecule has 0 radical (unpaired) electrons. The van der Waals surface area contributed by atoms with Crippen LogP contribution in [0, 0.1) is 0 Å². The molecule has 1 amide bonds. The zero-order chi connectivity index (χ0) is 20.4. The molecule has 1 atom stereocenters. The maximum atomic E-state index is 12.4. The summed E-state index contributed by atoms with van der Waals surface area (Å²) in [7, 11) is 0. The summed E-state index contributed by atoms with van der Waals surface area (Å²) in [6.07, 6.45) is -4.81. The molecule has 0 spiro atoms. The third-order valence-electron chi connectivity index (χ3n) is 4.00. The Hall–Kier alpha value is -2.32. The van der Waals surface area contributed by atoms with E-state index < -0.39 is 18.4 Å². The Bertz CT molecular complexity index is 674. The highest BCUT2D eigenvalue weighted by Crippen LogP contribution is 2.31. The van der Waals surface area contributed by atoms with Crippen LogP contribution < -0.4 is 15.4 Å². The van der Waals surface area contributed by atoms with Crippen molar-refractivity contribution in [2.75, 3.05) is 36.9 Å². The quantitative estimate of drug-likeness (QED) is 0.799. The van der Waals surface area contributed by atoms with Crippen molar-refractivity contribution in [2.45, 2.75) is 45.5 Å². The number of nitrogen functional groups attached to an aromatic ring is 1. The van der Waals surface area contributed by atoms with Crippen molar-refractivity contribution in [3.63, 3.8) is 0 Å². The zero-order valence-corrected chi connectivity index (χ0v) is 16.0. The van der Waals surface area contributed by atoms with E-state index in [-0.39, 0.29) is 23.6 Å². The SMILES string of the molecule is CC1CN(C(=O)OC(C)(C)C)CCN1c1ccc(N)c(OCC(F)(F)F)c1. The molecule has 2 N–H and O–H groups in total. The molecule has 1 aliphatic heterocycles. The second kappa shape index (κ2) is 7.74. The van der Waals surface area contributed by atoms with Gasteiger partial charge in [0.2, 0.25) is 0 Å². The number of piperazine rings is 1. The Morgan fingerprint density at radius 3 is 2.48 bits per heavy atom. The number of carbonyl (C=O) groups excluding carboxylic acids is 1. The topological polar surface area (TPSA) is 68.0 Å². The van der Waals surface area contributed by atoms with Crippen molar-refractivity contribution in [3.8, 4) is 5.75 Å². The third kappa shape index (κ3) is 6.11. The first kappa shape index (κ1) is 21.0. The summed E-state index contributed by atoms with van der Waals surface area (Å²) in [6, 6.07) is 4.70. The van der Waals surface area contributed by atoms with E-state index >= 15 is 0 Å². The van der Waals surface area contributed by atoms with E-state index in [9.17, 15) is 18.0 Å². The summed E-state index contributed by atoms with van der Waals surface area (Å²) in [5.41, 5.74) is 5.99. The predicted octanol–water partition coefficient (Wildman–Crippen LogP) is 3.66. The Morgan fingerprint density at radius 2 is 1.93 bits per heavy atom. The van der Waals surface area contributed by atoms with Crippen LogP contribution >= 0.6 is 0 Å². The van der Waals surface area contributed by atoms with Crippen molar-refractivity contribution < 1.29 is 27.4 Å². The van der Waals surface area contributed by atoms with Gasteiger partial charge in [-0.3, -0.25) is 0 Å². The van der Waals surface area contributed by atoms with E-state index in [4.69, 9.17) is 15.2 Å². The zero-order valence-electron chi connectivity index (χ0n) is 16.0. The average molecular weight is 389 g/mol. The number of halogens is 3. The van der Waals surface area contributed by atoms with Gasteiger partial charge in [-0.2, -0.15) is 13.2 Å². The lowest BCUT2D eigenvalue weighted by molar-refractivity contribution is -0.153. The maximum Gasteiger partial charge on any atom is 0.422 e. The summed E-state index contributed by atoms with van der Waals surface area (Å²) >= 11 is 0. The molecule has 1 aromatic carbocycles. The second-order valence-electron chi connectivity index (χ2n) is 7.59. The lowest BCUT2D eigenvalue weighted by Crippen LogP contribution is -2.54. The summed E-state index contributed by atoms with van der Waals surface area (Å²) in [5, 5.41) is 0. The standard InChI is InChI=1S/C18H26F3N3O3/c1-12-10-23(16(25)27-17(2,3)4)7-8-24(12)13-5-6-14(22)15(9-13)26-11-18(19,20)21/h5-6,9,12H,7-8,10-11,22H2,1-4H3. The highest BCUT2D eigenvalue weighted by Gasteiger charge is 2.31. The molecule has 6 nitrogen and oxygen atoms in total. The van der Waals surface area contributed by atoms with Crippen LogP contribution in [-0.4, -0.2) is 55.1 Å². The van der Waals surface area contributed by atoms with Crippen molar-refractivity contribution in [3.05, 3.63) is 18.2 Å². The second-order valence-corrected chi connectivity index (χ2v) is 7.59. The molecule has 0 saturated carbocycles. The first-order valence-corrected chi connectivity index (χ1v) is 8.69. The van der Waals surface area contributed by atoms with E-state index in [0.717, 1.165) is 0 Å². The van der Waals surface area contributed by atoms with Gasteiger partial charge in [0.25, 0.3) is 0 Å². The number of nitrogens with zero attached hydrogens (tertiary/aromatic N) is 2. The number of alkyl halides is 3. The van der Waals surface area contributed by atoms with E-state index in [1.165, 1.54) is 12.1 Å². The fourth-order valence-electron chi connectivity index (χ4n) is 2.82. The number of amides is 1. The van der Waals surface area contributed by atoms with Crippen LogP contribution in [0.1, 0.15) is 27.7 Å². The number of hydrogen-bond acceptors (Lipinski definition) is 5. The van der Waals surface area contributed by atoms with Crippen molar-refractivity contribution >= 4 is 17.5 Å². The molecule has 0 bridgehead atoms. The van der Waals surface area contributed by atoms with Crippen molar-refractivity contribution in [2.24, 2.45) is 0 Å². The normalized spacial score (nSPS) is 18.4. The minimum absolute atomic E-state index is 0.00778. The molecule has 9 heteroatoms. The molecule has 0 aromatic heterocycles. The Balaban J connectivity index is 2.06. The highest BCUT2D eigenvalue weighted by atomic mass is 19.4. The molecular formula is C18H26F3N3O3. The van der Waals surface area contributed by atoms with Crippen LogP contribution in [0.5, 0.6) is 5.75 Å². The molecule has 152 valence electrons. The molecule has 1 fully saturated rings. The van der Waals surface area contributed by atoms with Crippen LogP contribution in [0.3, 0.4) is 0 Å². The van der Waals surface area contributed by atoms with Gasteiger partial charge in [0.15, 0.2) is 6.61 Å². The van der Waals surface area contributed by atoms with Crippen LogP contribution in [0.4, 0.5) is 29.3 Å². The molecular weight excluding hydrogens is 363 g/mol. The Kier molecular flexibility index (Phi) is 6.01. The van der Waals surface area contributed by atoms with Gasteiger partial charge in [0, 0.05) is 37.4 Å². The van der Waals surface area contributed by atoms with Gasteiger partial charge in [0.1, 0.15) is 11.4 Å². The summed E-state index contributed by atoms with van der Waals surface area (Å²) in [6.45, 7) is 7.36. The number of hydrogen-bond donors (Lipinski definition) is 1. The number of carbonyl (C=O) groups is 1. The first-order chi connectivity index (χ1) is 12.4. The lowest BCUT2D eigenvalue weighted by Gasteiger charge is -2.41. The lowest BCUT2D eigenvalue weighted by atomic mass is 10.1. The van der Waals surface area contributed by atoms with Gasteiger partial charge < -0.3 is 25.0 Å². The fraction of sp³-hybridized carbons (Fsp3) is 0.611. The van der Waals surface area contributed by atoms with Gasteiger partial charge in [-0.15, -0.1) is 0 Å². The minimum atomic E-state index is -4.44. The van der Waals surface area contributed by atoms with Crippen molar-refractivity contribution in [1.82, 2.24) is 4.90 Å². The van der Waals surface area contributed by atoms with Gasteiger partial charge in [-0.05, 0) is 39.8 Å². The van der Waals surface area contributed by atoms with Crippen LogP contribution in [0.2, 0.25) is 0 Å². The number of nitrogens with two attached hydrogens (primary N) is 1. The van der Waals surface area contributed by atoms with E-state index in [0.29, 0.717) is 25.3 Å². The van der Waals surface area contributed by atoms with Gasteiger partial charge in [-0.25, -0.2) is 4.79 Å². The molecule has 2 rings (SSSR count). The smallest absolute Gasteiger partial charge is 0.422 e. The van der Waals surface area contributed by atoms with Gasteiger partial charge in [0.05, 0.1) is 5.69 Å². The Labute approximate surface area is 157 Å². The van der Waals surface area contributed by atoms with E-state index in [2.05, 4.69) is 0 Å². The summed E-state index contributed by atoms with van der Waals surface area (Å²) < 4.78 is 47.4. The molecule has 1 aromatic rings. The molecule has 1 heterocycles. The van der Waals surface area contributed by atoms with Gasteiger partial charge in [-0.1, -0.05) is 0 Å². The summed E-state index contributed by atoms with van der Waals surface area (Å²) in [4.78, 5) is 15.9. The van der Waals surface area contributed by atoms with E-state index in [1.807, 2.05) is 11.8 Å². The number of anilines is 2. The molecule has 1 unspecified atom stereocenters. The maximum absolute atomic E-state index is 12.4. The largest absolute Gasteiger partial charge is 0.482 e. The summed E-state index contributed by atoms with van der Waals surface area (Å²) in [5.74, 6) is -0.00778. The minimum Gasteiger partial charge on any atom is -0.482 e. The third-order valence-corrected chi connectivity index (χ3v) is 4.00. The number of benzene rings is 1. The molecule has 27 heavy (non-hydrogen) atoms. The average Bonchev–Trinajstić information content (AvgIpc) is 2.52. The van der Waals surface area contributed by atoms with Crippen LogP contribution in [-0.2, 0) is 4.74 Å². The first-order valence-electron chi connectivity index (χ1n) is 8.69. The molecule has 1 aliphatic rings. The predicted molar refractivity (Wildman–Crippen MR) is 97.0 cm³/mol.